The second-order valence-electron chi connectivity index (χ2n) is 13.6. The van der Waals surface area contributed by atoms with Crippen molar-refractivity contribution < 1.29 is 17.5 Å². The summed E-state index contributed by atoms with van der Waals surface area (Å²) < 4.78 is 38.6. The number of hydrogen-bond acceptors (Lipinski definition) is 11. The number of aromatic amines is 2. The molecule has 8 rings (SSSR count). The zero-order valence-electron chi connectivity index (χ0n) is 32.3. The fourth-order valence-corrected chi connectivity index (χ4v) is 8.20. The van der Waals surface area contributed by atoms with Gasteiger partial charge < -0.3 is 19.0 Å². The number of thioether (sulfide) groups is 1. The number of rotatable bonds is 6. The van der Waals surface area contributed by atoms with Crippen molar-refractivity contribution in [2.45, 2.75) is 65.7 Å². The zero-order chi connectivity index (χ0) is 39.0. The number of imidazole rings is 2. The number of nitrogens with one attached hydrogen (secondary N) is 2. The molecule has 0 fully saturated rings. The Bertz CT molecular complexity index is 2830. The van der Waals surface area contributed by atoms with Gasteiger partial charge in [-0.15, -0.1) is 0 Å². The molecule has 14 nitrogen and oxygen atoms in total. The second kappa shape index (κ2) is 13.4. The lowest BCUT2D eigenvalue weighted by molar-refractivity contribution is 0.393. The van der Waals surface area contributed by atoms with E-state index in [1.807, 2.05) is 90.3 Å². The molecule has 16 heteroatoms. The SMILES string of the molecule is CSc1nc2c(-c3c(C)nn(C)c3C)cc(-c3c(C)noc3C)cc2[nH]1.Cc1noc(C)c1-c1cc(-c2c(C)nn(C)c2C)c2nc(S(C)(=O)=O)[nH]c2c1. The van der Waals surface area contributed by atoms with E-state index in [1.54, 1.807) is 11.8 Å². The number of aryl methyl sites for hydroxylation is 8. The Labute approximate surface area is 316 Å². The standard InChI is InChI=1S/C19H21N5O3S.C19H21N5OS/c1-9-16(11(3)24(5)22-9)14-7-13(17-10(2)23-27-12(17)4)8-15-18(14)21-19(20-15)28(6,25)26;1-9-16(11(3)24(5)22-9)14-7-13(17-10(2)23-25-12(17)4)8-15-18(14)21-19(20-15)26-6/h7-8H,1-6H3,(H,20,21);7-8H,1-6H3,(H,20,21). The predicted octanol–water partition coefficient (Wildman–Crippen LogP) is 7.83. The highest BCUT2D eigenvalue weighted by atomic mass is 32.2. The molecule has 54 heavy (non-hydrogen) atoms. The van der Waals surface area contributed by atoms with Crippen LogP contribution in [0.2, 0.25) is 0 Å². The van der Waals surface area contributed by atoms with Crippen molar-refractivity contribution in [3.05, 3.63) is 69.9 Å². The third-order valence-electron chi connectivity index (χ3n) is 9.88. The number of sulfone groups is 1. The Morgan fingerprint density at radius 2 is 1.07 bits per heavy atom. The summed E-state index contributed by atoms with van der Waals surface area (Å²) in [5.41, 5.74) is 16.6. The minimum atomic E-state index is -3.48. The van der Waals surface area contributed by atoms with Gasteiger partial charge in [0, 0.05) is 65.1 Å². The second-order valence-corrected chi connectivity index (χ2v) is 16.4. The quantitative estimate of drug-likeness (QED) is 0.158. The molecule has 6 heterocycles. The number of benzene rings is 2. The molecule has 0 amide bonds. The van der Waals surface area contributed by atoms with Crippen LogP contribution in [0.25, 0.3) is 66.6 Å². The van der Waals surface area contributed by atoms with Crippen LogP contribution < -0.4 is 0 Å². The molecule has 0 spiro atoms. The molecular weight excluding hydrogens is 725 g/mol. The third-order valence-corrected chi connectivity index (χ3v) is 11.4. The van der Waals surface area contributed by atoms with E-state index in [-0.39, 0.29) is 5.16 Å². The maximum absolute atomic E-state index is 12.1. The topological polar surface area (TPSA) is 179 Å². The van der Waals surface area contributed by atoms with Gasteiger partial charge in [-0.1, -0.05) is 22.1 Å². The molecular formula is C38H42N10O4S2. The largest absolute Gasteiger partial charge is 0.361 e. The van der Waals surface area contributed by atoms with E-state index >= 15 is 0 Å². The highest BCUT2D eigenvalue weighted by Gasteiger charge is 2.24. The van der Waals surface area contributed by atoms with Gasteiger partial charge in [0.1, 0.15) is 11.5 Å². The first-order valence-corrected chi connectivity index (χ1v) is 20.3. The van der Waals surface area contributed by atoms with Gasteiger partial charge in [0.25, 0.3) is 0 Å². The number of hydrogen-bond donors (Lipinski definition) is 2. The number of fused-ring (bicyclic) bond motifs is 2. The molecule has 0 aliphatic rings. The van der Waals surface area contributed by atoms with E-state index in [2.05, 4.69) is 54.5 Å². The Morgan fingerprint density at radius 1 is 0.630 bits per heavy atom. The molecule has 0 bridgehead atoms. The van der Waals surface area contributed by atoms with Crippen molar-refractivity contribution in [2.75, 3.05) is 12.5 Å². The van der Waals surface area contributed by atoms with Crippen LogP contribution in [0.5, 0.6) is 0 Å². The molecule has 6 aromatic heterocycles. The van der Waals surface area contributed by atoms with Crippen molar-refractivity contribution in [1.29, 1.82) is 0 Å². The lowest BCUT2D eigenvalue weighted by Gasteiger charge is -2.08. The third kappa shape index (κ3) is 6.22. The first kappa shape index (κ1) is 36.9. The molecule has 0 saturated carbocycles. The van der Waals surface area contributed by atoms with E-state index in [0.29, 0.717) is 16.8 Å². The summed E-state index contributed by atoms with van der Waals surface area (Å²) in [6.45, 7) is 15.7. The van der Waals surface area contributed by atoms with Gasteiger partial charge in [-0.25, -0.2) is 18.4 Å². The minimum absolute atomic E-state index is 0.0566. The summed E-state index contributed by atoms with van der Waals surface area (Å²) >= 11 is 1.60. The highest BCUT2D eigenvalue weighted by molar-refractivity contribution is 7.98. The predicted molar refractivity (Wildman–Crippen MR) is 210 cm³/mol. The molecule has 0 atom stereocenters. The average Bonchev–Trinajstić information content (AvgIpc) is 3.94. The summed E-state index contributed by atoms with van der Waals surface area (Å²) in [6.07, 6.45) is 3.16. The Kier molecular flexibility index (Phi) is 9.16. The molecule has 8 aromatic rings. The van der Waals surface area contributed by atoms with Crippen LogP contribution in [0.4, 0.5) is 0 Å². The lowest BCUT2D eigenvalue weighted by atomic mass is 9.95. The Morgan fingerprint density at radius 3 is 1.44 bits per heavy atom. The summed E-state index contributed by atoms with van der Waals surface area (Å²) in [7, 11) is 0.374. The van der Waals surface area contributed by atoms with Crippen molar-refractivity contribution in [3.8, 4) is 44.5 Å². The summed E-state index contributed by atoms with van der Waals surface area (Å²) in [5.74, 6) is 1.52. The van der Waals surface area contributed by atoms with Gasteiger partial charge in [0.05, 0.1) is 44.8 Å². The van der Waals surface area contributed by atoms with Crippen LogP contribution >= 0.6 is 11.8 Å². The summed E-state index contributed by atoms with van der Waals surface area (Å²) in [4.78, 5) is 15.6. The Balaban J connectivity index is 0.000000167. The smallest absolute Gasteiger partial charge is 0.225 e. The zero-order valence-corrected chi connectivity index (χ0v) is 34.0. The van der Waals surface area contributed by atoms with E-state index in [0.717, 1.165) is 107 Å². The van der Waals surface area contributed by atoms with E-state index in [4.69, 9.17) is 14.0 Å². The summed E-state index contributed by atoms with van der Waals surface area (Å²) in [6, 6.07) is 8.18. The molecule has 0 radical (unpaired) electrons. The molecule has 280 valence electrons. The number of H-pyrrole nitrogens is 2. The van der Waals surface area contributed by atoms with Crippen LogP contribution in [0, 0.1) is 55.4 Å². The van der Waals surface area contributed by atoms with Gasteiger partial charge in [-0.2, -0.15) is 10.2 Å². The first-order valence-electron chi connectivity index (χ1n) is 17.2. The van der Waals surface area contributed by atoms with Gasteiger partial charge in [-0.05, 0) is 97.0 Å². The van der Waals surface area contributed by atoms with E-state index in [9.17, 15) is 8.42 Å². The average molecular weight is 767 g/mol. The molecule has 0 aliphatic heterocycles. The van der Waals surface area contributed by atoms with Crippen LogP contribution in [0.15, 0.2) is 43.6 Å². The van der Waals surface area contributed by atoms with Gasteiger partial charge in [-0.3, -0.25) is 9.36 Å². The van der Waals surface area contributed by atoms with Crippen LogP contribution in [-0.2, 0) is 23.9 Å². The van der Waals surface area contributed by atoms with Crippen molar-refractivity contribution in [2.24, 2.45) is 14.1 Å². The lowest BCUT2D eigenvalue weighted by Crippen LogP contribution is -1.98. The normalized spacial score (nSPS) is 11.9. The maximum Gasteiger partial charge on any atom is 0.225 e. The molecule has 0 saturated heterocycles. The first-order chi connectivity index (χ1) is 25.5. The maximum atomic E-state index is 12.1. The Hall–Kier alpha value is -5.48. The molecule has 0 unspecified atom stereocenters. The van der Waals surface area contributed by atoms with Crippen LogP contribution in [0.3, 0.4) is 0 Å². The highest BCUT2D eigenvalue weighted by Crippen LogP contribution is 2.40. The van der Waals surface area contributed by atoms with E-state index in [1.165, 1.54) is 0 Å². The molecule has 2 N–H and O–H groups in total. The minimum Gasteiger partial charge on any atom is -0.361 e. The van der Waals surface area contributed by atoms with E-state index < -0.39 is 9.84 Å². The van der Waals surface area contributed by atoms with Crippen molar-refractivity contribution in [3.63, 3.8) is 0 Å². The number of aromatic nitrogens is 10. The summed E-state index contributed by atoms with van der Waals surface area (Å²) in [5, 5.41) is 18.1. The fourth-order valence-electron chi connectivity index (χ4n) is 7.25. The van der Waals surface area contributed by atoms with Crippen molar-refractivity contribution in [1.82, 2.24) is 49.8 Å². The van der Waals surface area contributed by atoms with Gasteiger partial charge in [0.15, 0.2) is 5.16 Å². The van der Waals surface area contributed by atoms with Crippen molar-refractivity contribution >= 4 is 43.7 Å². The molecule has 0 aliphatic carbocycles. The van der Waals surface area contributed by atoms with Crippen LogP contribution in [0.1, 0.15) is 45.7 Å². The fraction of sp³-hybridized carbons (Fsp3) is 0.316. The monoisotopic (exact) mass is 766 g/mol. The molecule has 2 aromatic carbocycles. The van der Waals surface area contributed by atoms with Gasteiger partial charge in [0.2, 0.25) is 15.0 Å². The number of nitrogens with zero attached hydrogens (tertiary/aromatic N) is 8. The van der Waals surface area contributed by atoms with Crippen LogP contribution in [-0.4, -0.2) is 70.7 Å². The van der Waals surface area contributed by atoms with Gasteiger partial charge >= 0.3 is 0 Å².